The van der Waals surface area contributed by atoms with Crippen LogP contribution in [0.5, 0.6) is 0 Å². The number of benzene rings is 1. The van der Waals surface area contributed by atoms with Gasteiger partial charge in [0, 0.05) is 48.5 Å². The molecule has 1 amide bonds. The molecular weight excluding hydrogens is 310 g/mol. The van der Waals surface area contributed by atoms with Crippen LogP contribution in [0.15, 0.2) is 55.0 Å². The maximum absolute atomic E-state index is 12.1. The maximum Gasteiger partial charge on any atom is 0.220 e. The molecule has 25 heavy (non-hydrogen) atoms. The zero-order valence-electron chi connectivity index (χ0n) is 14.9. The molecule has 1 N–H and O–H groups in total. The molecule has 130 valence electrons. The SMILES string of the molecule is CC(C)n1cc(CCCC(=O)NCc2ccncc2)c2ccccc21. The second kappa shape index (κ2) is 7.97. The zero-order valence-corrected chi connectivity index (χ0v) is 14.9. The van der Waals surface area contributed by atoms with Gasteiger partial charge in [0.2, 0.25) is 5.91 Å². The summed E-state index contributed by atoms with van der Waals surface area (Å²) in [5, 5.41) is 4.27. The largest absolute Gasteiger partial charge is 0.352 e. The highest BCUT2D eigenvalue weighted by Crippen LogP contribution is 2.25. The predicted molar refractivity (Wildman–Crippen MR) is 101 cm³/mol. The Morgan fingerprint density at radius 2 is 1.92 bits per heavy atom. The molecule has 0 aliphatic heterocycles. The van der Waals surface area contributed by atoms with Crippen LogP contribution in [0.4, 0.5) is 0 Å². The van der Waals surface area contributed by atoms with Crippen LogP contribution in [0.3, 0.4) is 0 Å². The standard InChI is InChI=1S/C21H25N3O/c1-16(2)24-15-18(19-7-3-4-8-20(19)24)6-5-9-21(25)23-14-17-10-12-22-13-11-17/h3-4,7-8,10-13,15-16H,5-6,9,14H2,1-2H3,(H,23,25). The number of amides is 1. The van der Waals surface area contributed by atoms with Gasteiger partial charge in [-0.25, -0.2) is 0 Å². The van der Waals surface area contributed by atoms with E-state index in [4.69, 9.17) is 0 Å². The Kier molecular flexibility index (Phi) is 5.49. The monoisotopic (exact) mass is 335 g/mol. The lowest BCUT2D eigenvalue weighted by Crippen LogP contribution is -2.22. The van der Waals surface area contributed by atoms with Gasteiger partial charge >= 0.3 is 0 Å². The second-order valence-electron chi connectivity index (χ2n) is 6.66. The van der Waals surface area contributed by atoms with Crippen molar-refractivity contribution in [1.29, 1.82) is 0 Å². The second-order valence-corrected chi connectivity index (χ2v) is 6.66. The smallest absolute Gasteiger partial charge is 0.220 e. The molecule has 0 atom stereocenters. The molecule has 0 aliphatic carbocycles. The molecule has 0 aliphatic rings. The number of carbonyl (C=O) groups is 1. The summed E-state index contributed by atoms with van der Waals surface area (Å²) in [5.41, 5.74) is 3.67. The minimum absolute atomic E-state index is 0.101. The number of carbonyl (C=O) groups excluding carboxylic acids is 1. The van der Waals surface area contributed by atoms with Gasteiger partial charge in [-0.15, -0.1) is 0 Å². The number of aromatic nitrogens is 2. The van der Waals surface area contributed by atoms with Gasteiger partial charge in [0.15, 0.2) is 0 Å². The molecular formula is C21H25N3O. The predicted octanol–water partition coefficient (Wildman–Crippen LogP) is 4.26. The highest BCUT2D eigenvalue weighted by Gasteiger charge is 2.10. The van der Waals surface area contributed by atoms with Crippen LogP contribution in [0.25, 0.3) is 10.9 Å². The number of aryl methyl sites for hydroxylation is 1. The molecule has 3 aromatic rings. The van der Waals surface area contributed by atoms with E-state index in [0.717, 1.165) is 18.4 Å². The van der Waals surface area contributed by atoms with Crippen LogP contribution in [-0.4, -0.2) is 15.5 Å². The normalized spacial score (nSPS) is 11.2. The van der Waals surface area contributed by atoms with Gasteiger partial charge in [-0.1, -0.05) is 18.2 Å². The lowest BCUT2D eigenvalue weighted by atomic mass is 10.1. The Hall–Kier alpha value is -2.62. The van der Waals surface area contributed by atoms with Crippen molar-refractivity contribution in [3.8, 4) is 0 Å². The highest BCUT2D eigenvalue weighted by molar-refractivity contribution is 5.84. The van der Waals surface area contributed by atoms with E-state index in [9.17, 15) is 4.79 Å². The Bertz CT molecular complexity index is 837. The molecule has 2 heterocycles. The summed E-state index contributed by atoms with van der Waals surface area (Å²) in [4.78, 5) is 16.0. The third kappa shape index (κ3) is 4.27. The van der Waals surface area contributed by atoms with Crippen LogP contribution in [0, 0.1) is 0 Å². The third-order valence-electron chi connectivity index (χ3n) is 4.47. The number of hydrogen-bond acceptors (Lipinski definition) is 2. The molecule has 4 heteroatoms. The molecule has 0 fully saturated rings. The van der Waals surface area contributed by atoms with E-state index in [0.29, 0.717) is 19.0 Å². The van der Waals surface area contributed by atoms with Crippen molar-refractivity contribution in [2.45, 2.75) is 45.7 Å². The molecule has 4 nitrogen and oxygen atoms in total. The molecule has 3 rings (SSSR count). The molecule has 0 saturated heterocycles. The minimum atomic E-state index is 0.101. The number of nitrogens with zero attached hydrogens (tertiary/aromatic N) is 2. The van der Waals surface area contributed by atoms with Crippen molar-refractivity contribution < 1.29 is 4.79 Å². The average Bonchev–Trinajstić information content (AvgIpc) is 3.00. The van der Waals surface area contributed by atoms with Crippen LogP contribution in [0.1, 0.15) is 43.9 Å². The van der Waals surface area contributed by atoms with Gasteiger partial charge in [-0.05, 0) is 56.0 Å². The van der Waals surface area contributed by atoms with Gasteiger partial charge in [-0.3, -0.25) is 9.78 Å². The first-order chi connectivity index (χ1) is 12.1. The van der Waals surface area contributed by atoms with E-state index in [1.54, 1.807) is 12.4 Å². The van der Waals surface area contributed by atoms with Crippen LogP contribution < -0.4 is 5.32 Å². The van der Waals surface area contributed by atoms with Gasteiger partial charge in [0.05, 0.1) is 0 Å². The molecule has 0 bridgehead atoms. The summed E-state index contributed by atoms with van der Waals surface area (Å²) >= 11 is 0. The Morgan fingerprint density at radius 3 is 2.68 bits per heavy atom. The zero-order chi connectivity index (χ0) is 17.6. The number of hydrogen-bond donors (Lipinski definition) is 1. The van der Waals surface area contributed by atoms with Crippen molar-refractivity contribution in [1.82, 2.24) is 14.9 Å². The topological polar surface area (TPSA) is 46.9 Å². The maximum atomic E-state index is 12.1. The lowest BCUT2D eigenvalue weighted by molar-refractivity contribution is -0.121. The first-order valence-corrected chi connectivity index (χ1v) is 8.89. The van der Waals surface area contributed by atoms with Crippen molar-refractivity contribution in [2.75, 3.05) is 0 Å². The fourth-order valence-electron chi connectivity index (χ4n) is 3.13. The first-order valence-electron chi connectivity index (χ1n) is 8.89. The third-order valence-corrected chi connectivity index (χ3v) is 4.47. The Morgan fingerprint density at radius 1 is 1.16 bits per heavy atom. The number of pyridine rings is 1. The lowest BCUT2D eigenvalue weighted by Gasteiger charge is -2.08. The van der Waals surface area contributed by atoms with Gasteiger partial charge < -0.3 is 9.88 Å². The molecule has 0 unspecified atom stereocenters. The van der Waals surface area contributed by atoms with Crippen LogP contribution in [0.2, 0.25) is 0 Å². The van der Waals surface area contributed by atoms with Crippen LogP contribution in [-0.2, 0) is 17.8 Å². The van der Waals surface area contributed by atoms with E-state index in [1.165, 1.54) is 16.5 Å². The number of nitrogens with one attached hydrogen (secondary N) is 1. The number of rotatable bonds is 7. The minimum Gasteiger partial charge on any atom is -0.352 e. The number of fused-ring (bicyclic) bond motifs is 1. The summed E-state index contributed by atoms with van der Waals surface area (Å²) < 4.78 is 2.31. The number of para-hydroxylation sites is 1. The van der Waals surface area contributed by atoms with E-state index in [-0.39, 0.29) is 5.91 Å². The Labute approximate surface area is 148 Å². The summed E-state index contributed by atoms with van der Waals surface area (Å²) in [6.07, 6.45) is 8.05. The first kappa shape index (κ1) is 17.2. The average molecular weight is 335 g/mol. The van der Waals surface area contributed by atoms with E-state index >= 15 is 0 Å². The fraction of sp³-hybridized carbons (Fsp3) is 0.333. The quantitative estimate of drug-likeness (QED) is 0.701. The molecule has 0 spiro atoms. The van der Waals surface area contributed by atoms with Gasteiger partial charge in [0.25, 0.3) is 0 Å². The van der Waals surface area contributed by atoms with Gasteiger partial charge in [0.1, 0.15) is 0 Å². The summed E-state index contributed by atoms with van der Waals surface area (Å²) in [5.74, 6) is 0.101. The molecule has 0 saturated carbocycles. The van der Waals surface area contributed by atoms with Crippen molar-refractivity contribution in [2.24, 2.45) is 0 Å². The fourth-order valence-corrected chi connectivity index (χ4v) is 3.13. The highest BCUT2D eigenvalue weighted by atomic mass is 16.1. The van der Waals surface area contributed by atoms with Crippen molar-refractivity contribution in [3.63, 3.8) is 0 Å². The van der Waals surface area contributed by atoms with E-state index < -0.39 is 0 Å². The molecule has 0 radical (unpaired) electrons. The summed E-state index contributed by atoms with van der Waals surface area (Å²) in [7, 11) is 0. The van der Waals surface area contributed by atoms with Crippen molar-refractivity contribution in [3.05, 3.63) is 66.1 Å². The summed E-state index contributed by atoms with van der Waals surface area (Å²) in [6.45, 7) is 4.96. The van der Waals surface area contributed by atoms with E-state index in [2.05, 4.69) is 59.2 Å². The van der Waals surface area contributed by atoms with Crippen molar-refractivity contribution >= 4 is 16.8 Å². The molecule has 2 aromatic heterocycles. The molecule has 1 aromatic carbocycles. The summed E-state index contributed by atoms with van der Waals surface area (Å²) in [6, 6.07) is 12.8. The van der Waals surface area contributed by atoms with E-state index in [1.807, 2.05) is 12.1 Å². The Balaban J connectivity index is 1.55. The van der Waals surface area contributed by atoms with Crippen LogP contribution >= 0.6 is 0 Å². The van der Waals surface area contributed by atoms with Gasteiger partial charge in [-0.2, -0.15) is 0 Å².